The van der Waals surface area contributed by atoms with Crippen molar-refractivity contribution < 1.29 is 9.53 Å². The molecule has 0 bridgehead atoms. The lowest BCUT2D eigenvalue weighted by atomic mass is 9.86. The molecular weight excluding hydrogens is 204 g/mol. The van der Waals surface area contributed by atoms with Crippen LogP contribution < -0.4 is 11.1 Å². The van der Waals surface area contributed by atoms with Crippen LogP contribution in [0.5, 0.6) is 0 Å². The van der Waals surface area contributed by atoms with Crippen LogP contribution in [0.15, 0.2) is 0 Å². The molecule has 16 heavy (non-hydrogen) atoms. The second-order valence-electron chi connectivity index (χ2n) is 4.90. The van der Waals surface area contributed by atoms with E-state index in [1.54, 1.807) is 7.11 Å². The van der Waals surface area contributed by atoms with Crippen LogP contribution in [0.3, 0.4) is 0 Å². The summed E-state index contributed by atoms with van der Waals surface area (Å²) in [6.45, 7) is 8.91. The van der Waals surface area contributed by atoms with Crippen molar-refractivity contribution in [2.75, 3.05) is 20.3 Å². The molecule has 0 aromatic carbocycles. The fourth-order valence-electron chi connectivity index (χ4n) is 1.32. The summed E-state index contributed by atoms with van der Waals surface area (Å²) in [6, 6.07) is 0.0509. The van der Waals surface area contributed by atoms with Crippen molar-refractivity contribution in [1.82, 2.24) is 5.32 Å². The van der Waals surface area contributed by atoms with Crippen molar-refractivity contribution in [2.24, 2.45) is 17.1 Å². The average molecular weight is 230 g/mol. The maximum atomic E-state index is 12.1. The van der Waals surface area contributed by atoms with Crippen LogP contribution in [0.2, 0.25) is 0 Å². The Hall–Kier alpha value is -0.610. The third-order valence-corrected chi connectivity index (χ3v) is 3.25. The Kier molecular flexibility index (Phi) is 6.60. The van der Waals surface area contributed by atoms with Crippen LogP contribution >= 0.6 is 0 Å². The molecule has 0 fully saturated rings. The van der Waals surface area contributed by atoms with Crippen molar-refractivity contribution in [3.05, 3.63) is 0 Å². The molecule has 0 heterocycles. The normalized spacial score (nSPS) is 16.9. The van der Waals surface area contributed by atoms with Crippen LogP contribution in [0.4, 0.5) is 0 Å². The first-order valence-corrected chi connectivity index (χ1v) is 5.91. The number of nitrogens with two attached hydrogens (primary N) is 1. The first-order chi connectivity index (χ1) is 7.41. The van der Waals surface area contributed by atoms with Gasteiger partial charge in [0.25, 0.3) is 0 Å². The molecule has 2 unspecified atom stereocenters. The number of ether oxygens (including phenoxy) is 1. The van der Waals surface area contributed by atoms with Gasteiger partial charge in [0.1, 0.15) is 0 Å². The number of hydrogen-bond acceptors (Lipinski definition) is 3. The van der Waals surface area contributed by atoms with Gasteiger partial charge in [-0.2, -0.15) is 0 Å². The molecule has 0 rings (SSSR count). The van der Waals surface area contributed by atoms with Crippen LogP contribution in [-0.4, -0.2) is 32.2 Å². The number of hydrogen-bond donors (Lipinski definition) is 2. The molecule has 0 saturated heterocycles. The Morgan fingerprint density at radius 3 is 2.38 bits per heavy atom. The standard InChI is InChI=1S/C12H26N2O2/c1-6-12(4,8-13)11(15)14-10(7-16-5)9(2)3/h9-10H,6-8,13H2,1-5H3,(H,14,15). The summed E-state index contributed by atoms with van der Waals surface area (Å²) in [4.78, 5) is 12.1. The predicted octanol–water partition coefficient (Wildman–Crippen LogP) is 1.15. The third-order valence-electron chi connectivity index (χ3n) is 3.25. The molecule has 4 heteroatoms. The largest absolute Gasteiger partial charge is 0.383 e. The number of carbonyl (C=O) groups is 1. The summed E-state index contributed by atoms with van der Waals surface area (Å²) in [6.07, 6.45) is 0.743. The molecule has 0 saturated carbocycles. The van der Waals surface area contributed by atoms with Crippen molar-refractivity contribution in [3.8, 4) is 0 Å². The molecule has 0 aliphatic heterocycles. The molecular formula is C12H26N2O2. The fourth-order valence-corrected chi connectivity index (χ4v) is 1.32. The van der Waals surface area contributed by atoms with Crippen molar-refractivity contribution in [1.29, 1.82) is 0 Å². The van der Waals surface area contributed by atoms with E-state index in [9.17, 15) is 4.79 Å². The Labute approximate surface area is 98.9 Å². The molecule has 0 aliphatic rings. The number of rotatable bonds is 7. The zero-order chi connectivity index (χ0) is 12.8. The Bertz CT molecular complexity index is 213. The van der Waals surface area contributed by atoms with Crippen LogP contribution in [0.25, 0.3) is 0 Å². The van der Waals surface area contributed by atoms with Gasteiger partial charge in [-0.05, 0) is 19.3 Å². The van der Waals surface area contributed by atoms with E-state index in [0.717, 1.165) is 6.42 Å². The van der Waals surface area contributed by atoms with E-state index in [2.05, 4.69) is 19.2 Å². The van der Waals surface area contributed by atoms with Crippen molar-refractivity contribution >= 4 is 5.91 Å². The molecule has 96 valence electrons. The minimum absolute atomic E-state index is 0.0215. The number of carbonyl (C=O) groups excluding carboxylic acids is 1. The number of methoxy groups -OCH3 is 1. The highest BCUT2D eigenvalue weighted by molar-refractivity contribution is 5.82. The van der Waals surface area contributed by atoms with Gasteiger partial charge < -0.3 is 15.8 Å². The van der Waals surface area contributed by atoms with E-state index >= 15 is 0 Å². The van der Waals surface area contributed by atoms with E-state index < -0.39 is 5.41 Å². The SMILES string of the molecule is CCC(C)(CN)C(=O)NC(COC)C(C)C. The molecule has 1 amide bonds. The quantitative estimate of drug-likeness (QED) is 0.689. The van der Waals surface area contributed by atoms with Crippen LogP contribution in [0.1, 0.15) is 34.1 Å². The van der Waals surface area contributed by atoms with E-state index in [1.807, 2.05) is 13.8 Å². The molecule has 0 radical (unpaired) electrons. The predicted molar refractivity (Wildman–Crippen MR) is 66.1 cm³/mol. The monoisotopic (exact) mass is 230 g/mol. The summed E-state index contributed by atoms with van der Waals surface area (Å²) in [7, 11) is 1.64. The van der Waals surface area contributed by atoms with Gasteiger partial charge >= 0.3 is 0 Å². The highest BCUT2D eigenvalue weighted by Crippen LogP contribution is 2.20. The zero-order valence-electron chi connectivity index (χ0n) is 11.2. The van der Waals surface area contributed by atoms with Crippen LogP contribution in [0, 0.1) is 11.3 Å². The van der Waals surface area contributed by atoms with Crippen molar-refractivity contribution in [2.45, 2.75) is 40.2 Å². The van der Waals surface area contributed by atoms with E-state index in [1.165, 1.54) is 0 Å². The molecule has 0 aromatic rings. The molecule has 0 aromatic heterocycles. The molecule has 3 N–H and O–H groups in total. The smallest absolute Gasteiger partial charge is 0.227 e. The maximum Gasteiger partial charge on any atom is 0.227 e. The lowest BCUT2D eigenvalue weighted by Crippen LogP contribution is -2.50. The molecule has 0 spiro atoms. The second-order valence-corrected chi connectivity index (χ2v) is 4.90. The second kappa shape index (κ2) is 6.86. The van der Waals surface area contributed by atoms with Crippen molar-refractivity contribution in [3.63, 3.8) is 0 Å². The van der Waals surface area contributed by atoms with E-state index in [-0.39, 0.29) is 11.9 Å². The van der Waals surface area contributed by atoms with E-state index in [4.69, 9.17) is 10.5 Å². The zero-order valence-corrected chi connectivity index (χ0v) is 11.2. The Balaban J connectivity index is 4.50. The van der Waals surface area contributed by atoms with Gasteiger partial charge in [0.05, 0.1) is 18.1 Å². The van der Waals surface area contributed by atoms with E-state index in [0.29, 0.717) is 19.1 Å². The summed E-state index contributed by atoms with van der Waals surface area (Å²) < 4.78 is 5.10. The minimum Gasteiger partial charge on any atom is -0.383 e. The first kappa shape index (κ1) is 15.4. The third kappa shape index (κ3) is 4.10. The summed E-state index contributed by atoms with van der Waals surface area (Å²) in [5, 5.41) is 3.02. The highest BCUT2D eigenvalue weighted by atomic mass is 16.5. The van der Waals surface area contributed by atoms with Gasteiger partial charge in [0.2, 0.25) is 5.91 Å². The molecule has 4 nitrogen and oxygen atoms in total. The molecule has 2 atom stereocenters. The fraction of sp³-hybridized carbons (Fsp3) is 0.917. The highest BCUT2D eigenvalue weighted by Gasteiger charge is 2.31. The first-order valence-electron chi connectivity index (χ1n) is 5.91. The van der Waals surface area contributed by atoms with Gasteiger partial charge in [0, 0.05) is 13.7 Å². The van der Waals surface area contributed by atoms with Gasteiger partial charge in [-0.15, -0.1) is 0 Å². The maximum absolute atomic E-state index is 12.1. The summed E-state index contributed by atoms with van der Waals surface area (Å²) in [5.74, 6) is 0.371. The number of nitrogens with one attached hydrogen (secondary N) is 1. The lowest BCUT2D eigenvalue weighted by Gasteiger charge is -2.29. The summed E-state index contributed by atoms with van der Waals surface area (Å²) >= 11 is 0. The van der Waals surface area contributed by atoms with Gasteiger partial charge in [-0.3, -0.25) is 4.79 Å². The Morgan fingerprint density at radius 2 is 2.06 bits per heavy atom. The Morgan fingerprint density at radius 1 is 1.50 bits per heavy atom. The molecule has 0 aliphatic carbocycles. The summed E-state index contributed by atoms with van der Waals surface area (Å²) in [5.41, 5.74) is 5.18. The lowest BCUT2D eigenvalue weighted by molar-refractivity contribution is -0.131. The van der Waals surface area contributed by atoms with Gasteiger partial charge in [-0.25, -0.2) is 0 Å². The number of amides is 1. The average Bonchev–Trinajstić information content (AvgIpc) is 2.26. The van der Waals surface area contributed by atoms with Gasteiger partial charge in [-0.1, -0.05) is 20.8 Å². The topological polar surface area (TPSA) is 64.4 Å². The van der Waals surface area contributed by atoms with Crippen LogP contribution in [-0.2, 0) is 9.53 Å². The van der Waals surface area contributed by atoms with Gasteiger partial charge in [0.15, 0.2) is 0 Å². The minimum atomic E-state index is -0.471.